The number of hydrogen-bond donors (Lipinski definition) is 0. The van der Waals surface area contributed by atoms with Gasteiger partial charge in [-0.1, -0.05) is 60.7 Å². The first kappa shape index (κ1) is 28.4. The molecule has 4 aromatic carbocycles. The van der Waals surface area contributed by atoms with Crippen LogP contribution in [0, 0.1) is 10.1 Å². The summed E-state index contributed by atoms with van der Waals surface area (Å²) in [4.78, 5) is 32.1. The van der Waals surface area contributed by atoms with Gasteiger partial charge >= 0.3 is 17.6 Å². The zero-order valence-electron chi connectivity index (χ0n) is 21.4. The van der Waals surface area contributed by atoms with E-state index in [1.54, 1.807) is 24.3 Å². The van der Waals surface area contributed by atoms with Crippen LogP contribution in [0.2, 0.25) is 0 Å². The number of benzene rings is 4. The molecule has 0 fully saturated rings. The minimum atomic E-state index is -0.576. The molecular weight excluding hydrogens is 502 g/mol. The van der Waals surface area contributed by atoms with Crippen LogP contribution < -0.4 is 18.9 Å². The first-order valence-electron chi connectivity index (χ1n) is 11.9. The van der Waals surface area contributed by atoms with E-state index in [0.29, 0.717) is 12.4 Å². The second kappa shape index (κ2) is 14.5. The summed E-state index contributed by atoms with van der Waals surface area (Å²) in [5.41, 5.74) is 1.77. The van der Waals surface area contributed by atoms with Crippen molar-refractivity contribution in [3.05, 3.63) is 124 Å². The lowest BCUT2D eigenvalue weighted by Gasteiger charge is -2.08. The molecule has 4 aromatic rings. The normalized spacial score (nSPS) is 9.90. The van der Waals surface area contributed by atoms with Crippen molar-refractivity contribution in [1.29, 1.82) is 0 Å². The van der Waals surface area contributed by atoms with E-state index in [1.165, 1.54) is 32.0 Å². The minimum absolute atomic E-state index is 0.112. The highest BCUT2D eigenvalue weighted by Crippen LogP contribution is 2.31. The zero-order chi connectivity index (χ0) is 28.0. The molecule has 0 amide bonds. The standard InChI is InChI=1S/C15H13NO5.C15H14O3/c1-11(17)21-13-7-8-15(14(9-13)16(18)19)20-10-12-5-3-2-4-6-12;1-12(16)18-15-9-7-14(8-10-15)17-11-13-5-3-2-4-6-13/h2-9H,10H2,1H3;2-10H,11H2,1H3. The van der Waals surface area contributed by atoms with Crippen molar-refractivity contribution in [3.8, 4) is 23.0 Å². The first-order chi connectivity index (χ1) is 18.8. The van der Waals surface area contributed by atoms with Crippen molar-refractivity contribution in [3.63, 3.8) is 0 Å². The Hall–Kier alpha value is -5.18. The molecule has 0 aliphatic carbocycles. The molecule has 0 aromatic heterocycles. The highest BCUT2D eigenvalue weighted by atomic mass is 16.6. The quantitative estimate of drug-likeness (QED) is 0.108. The summed E-state index contributed by atoms with van der Waals surface area (Å²) in [5.74, 6) is 0.639. The van der Waals surface area contributed by atoms with Gasteiger partial charge in [-0.3, -0.25) is 19.7 Å². The van der Waals surface area contributed by atoms with Crippen molar-refractivity contribution >= 4 is 17.6 Å². The van der Waals surface area contributed by atoms with Crippen LogP contribution in [0.25, 0.3) is 0 Å². The van der Waals surface area contributed by atoms with Crippen LogP contribution in [0.15, 0.2) is 103 Å². The van der Waals surface area contributed by atoms with E-state index in [4.69, 9.17) is 18.9 Å². The number of rotatable bonds is 9. The number of carbonyl (C=O) groups is 2. The molecular formula is C30H27NO8. The maximum Gasteiger partial charge on any atom is 0.314 e. The summed E-state index contributed by atoms with van der Waals surface area (Å²) in [7, 11) is 0. The Morgan fingerprint density at radius 3 is 1.62 bits per heavy atom. The lowest BCUT2D eigenvalue weighted by atomic mass is 10.2. The van der Waals surface area contributed by atoms with Gasteiger partial charge in [0.2, 0.25) is 0 Å². The Morgan fingerprint density at radius 1 is 0.641 bits per heavy atom. The molecule has 9 heteroatoms. The Kier molecular flexibility index (Phi) is 10.6. The Bertz CT molecular complexity index is 1370. The van der Waals surface area contributed by atoms with Gasteiger partial charge in [0.15, 0.2) is 5.75 Å². The van der Waals surface area contributed by atoms with Gasteiger partial charge in [0.1, 0.15) is 30.5 Å². The third-order valence-corrected chi connectivity index (χ3v) is 4.96. The van der Waals surface area contributed by atoms with Crippen LogP contribution in [0.1, 0.15) is 25.0 Å². The maximum absolute atomic E-state index is 11.1. The fourth-order valence-electron chi connectivity index (χ4n) is 3.24. The van der Waals surface area contributed by atoms with Gasteiger partial charge in [-0.2, -0.15) is 0 Å². The highest BCUT2D eigenvalue weighted by molar-refractivity contribution is 5.70. The minimum Gasteiger partial charge on any atom is -0.489 e. The Balaban J connectivity index is 0.000000218. The van der Waals surface area contributed by atoms with Crippen molar-refractivity contribution in [1.82, 2.24) is 0 Å². The van der Waals surface area contributed by atoms with Crippen molar-refractivity contribution in [2.24, 2.45) is 0 Å². The van der Waals surface area contributed by atoms with Crippen molar-refractivity contribution < 1.29 is 33.5 Å². The third-order valence-electron chi connectivity index (χ3n) is 4.96. The molecule has 0 unspecified atom stereocenters. The van der Waals surface area contributed by atoms with Gasteiger partial charge in [0.05, 0.1) is 11.0 Å². The molecule has 0 atom stereocenters. The van der Waals surface area contributed by atoms with Crippen LogP contribution in [0.5, 0.6) is 23.0 Å². The molecule has 0 bridgehead atoms. The summed E-state index contributed by atoms with van der Waals surface area (Å²) >= 11 is 0. The van der Waals surface area contributed by atoms with Gasteiger partial charge in [-0.25, -0.2) is 0 Å². The van der Waals surface area contributed by atoms with Gasteiger partial charge in [-0.15, -0.1) is 0 Å². The lowest BCUT2D eigenvalue weighted by Crippen LogP contribution is -2.03. The molecule has 0 spiro atoms. The molecule has 0 saturated heterocycles. The monoisotopic (exact) mass is 529 g/mol. The molecule has 0 radical (unpaired) electrons. The zero-order valence-corrected chi connectivity index (χ0v) is 21.4. The number of nitrogens with zero attached hydrogens (tertiary/aromatic N) is 1. The number of nitro benzene ring substituents is 1. The highest BCUT2D eigenvalue weighted by Gasteiger charge is 2.17. The molecule has 0 saturated carbocycles. The van der Waals surface area contributed by atoms with Crippen LogP contribution in [-0.4, -0.2) is 16.9 Å². The summed E-state index contributed by atoms with van der Waals surface area (Å²) in [6, 6.07) is 30.3. The molecule has 0 aliphatic heterocycles. The van der Waals surface area contributed by atoms with Crippen LogP contribution in [0.4, 0.5) is 5.69 Å². The van der Waals surface area contributed by atoms with E-state index in [9.17, 15) is 19.7 Å². The molecule has 200 valence electrons. The largest absolute Gasteiger partial charge is 0.489 e. The number of hydrogen-bond acceptors (Lipinski definition) is 8. The van der Waals surface area contributed by atoms with E-state index in [1.807, 2.05) is 60.7 Å². The smallest absolute Gasteiger partial charge is 0.314 e. The Labute approximate surface area is 225 Å². The number of esters is 2. The fourth-order valence-corrected chi connectivity index (χ4v) is 3.24. The molecule has 0 aliphatic rings. The van der Waals surface area contributed by atoms with E-state index < -0.39 is 10.9 Å². The van der Waals surface area contributed by atoms with Gasteiger partial charge in [0, 0.05) is 13.8 Å². The van der Waals surface area contributed by atoms with Crippen molar-refractivity contribution in [2.45, 2.75) is 27.1 Å². The average molecular weight is 530 g/mol. The topological polar surface area (TPSA) is 114 Å². The Morgan fingerprint density at radius 2 is 1.10 bits per heavy atom. The van der Waals surface area contributed by atoms with E-state index in [0.717, 1.165) is 16.9 Å². The summed E-state index contributed by atoms with van der Waals surface area (Å²) in [5, 5.41) is 11.1. The van der Waals surface area contributed by atoms with E-state index in [2.05, 4.69) is 0 Å². The summed E-state index contributed by atoms with van der Waals surface area (Å²) < 4.78 is 20.8. The predicted octanol–water partition coefficient (Wildman–Crippen LogP) is 6.29. The number of carbonyl (C=O) groups excluding carboxylic acids is 2. The summed E-state index contributed by atoms with van der Waals surface area (Å²) in [6.07, 6.45) is 0. The molecule has 9 nitrogen and oxygen atoms in total. The first-order valence-corrected chi connectivity index (χ1v) is 11.9. The van der Waals surface area contributed by atoms with Gasteiger partial charge in [-0.05, 0) is 47.5 Å². The van der Waals surface area contributed by atoms with Gasteiger partial charge in [0.25, 0.3) is 0 Å². The lowest BCUT2D eigenvalue weighted by molar-refractivity contribution is -0.386. The second-order valence-electron chi connectivity index (χ2n) is 8.09. The number of ether oxygens (including phenoxy) is 4. The number of nitro groups is 1. The van der Waals surface area contributed by atoms with Gasteiger partial charge < -0.3 is 18.9 Å². The molecule has 4 rings (SSSR count). The predicted molar refractivity (Wildman–Crippen MR) is 144 cm³/mol. The van der Waals surface area contributed by atoms with Crippen molar-refractivity contribution in [2.75, 3.05) is 0 Å². The van der Waals surface area contributed by atoms with Crippen LogP contribution in [0.3, 0.4) is 0 Å². The average Bonchev–Trinajstić information content (AvgIpc) is 2.93. The van der Waals surface area contributed by atoms with Crippen LogP contribution in [-0.2, 0) is 22.8 Å². The fraction of sp³-hybridized carbons (Fsp3) is 0.133. The molecule has 39 heavy (non-hydrogen) atoms. The second-order valence-corrected chi connectivity index (χ2v) is 8.09. The maximum atomic E-state index is 11.1. The summed E-state index contributed by atoms with van der Waals surface area (Å²) in [6.45, 7) is 3.34. The van der Waals surface area contributed by atoms with E-state index >= 15 is 0 Å². The molecule has 0 N–H and O–H groups in total. The SMILES string of the molecule is CC(=O)Oc1ccc(OCc2ccccc2)c([N+](=O)[O-])c1.CC(=O)Oc1ccc(OCc2ccccc2)cc1. The van der Waals surface area contributed by atoms with Crippen LogP contribution >= 0.6 is 0 Å². The molecule has 0 heterocycles. The van der Waals surface area contributed by atoms with E-state index in [-0.39, 0.29) is 29.8 Å². The third kappa shape index (κ3) is 10.0.